The molecule has 1 unspecified atom stereocenters. The van der Waals surface area contributed by atoms with E-state index < -0.39 is 17.3 Å². The summed E-state index contributed by atoms with van der Waals surface area (Å²) in [7, 11) is 4.43. The van der Waals surface area contributed by atoms with E-state index in [9.17, 15) is 19.2 Å². The molecule has 1 fully saturated rings. The predicted molar refractivity (Wildman–Crippen MR) is 74.6 cm³/mol. The molecule has 8 heteroatoms. The molecule has 1 N–H and O–H groups in total. The van der Waals surface area contributed by atoms with Crippen molar-refractivity contribution >= 4 is 11.8 Å². The maximum Gasteiger partial charge on any atom is 0.330 e. The molecule has 1 aromatic rings. The monoisotopic (exact) mass is 294 g/mol. The van der Waals surface area contributed by atoms with Crippen molar-refractivity contribution in [2.75, 3.05) is 7.05 Å². The van der Waals surface area contributed by atoms with Crippen LogP contribution in [0.1, 0.15) is 18.5 Å². The summed E-state index contributed by atoms with van der Waals surface area (Å²) in [5, 5.41) is 3.00. The molecule has 1 aromatic heterocycles. The van der Waals surface area contributed by atoms with E-state index >= 15 is 0 Å². The first kappa shape index (κ1) is 15.2. The van der Waals surface area contributed by atoms with E-state index in [0.717, 1.165) is 9.47 Å². The molecule has 2 heterocycles. The molecule has 1 aliphatic heterocycles. The van der Waals surface area contributed by atoms with E-state index in [1.807, 2.05) is 0 Å². The van der Waals surface area contributed by atoms with E-state index in [-0.39, 0.29) is 18.4 Å². The topological polar surface area (TPSA) is 93.4 Å². The zero-order valence-electron chi connectivity index (χ0n) is 12.3. The molecule has 114 valence electrons. The number of hydrogen-bond donors (Lipinski definition) is 1. The summed E-state index contributed by atoms with van der Waals surface area (Å²) in [4.78, 5) is 47.9. The average molecular weight is 294 g/mol. The molecule has 0 saturated carbocycles. The van der Waals surface area contributed by atoms with Crippen LogP contribution in [0.15, 0.2) is 15.7 Å². The molecule has 8 nitrogen and oxygen atoms in total. The van der Waals surface area contributed by atoms with Crippen molar-refractivity contribution in [3.8, 4) is 0 Å². The van der Waals surface area contributed by atoms with Crippen LogP contribution in [0.5, 0.6) is 0 Å². The Morgan fingerprint density at radius 3 is 2.48 bits per heavy atom. The van der Waals surface area contributed by atoms with Gasteiger partial charge in [-0.05, 0) is 6.42 Å². The lowest BCUT2D eigenvalue weighted by Crippen LogP contribution is -2.51. The van der Waals surface area contributed by atoms with E-state index in [1.54, 1.807) is 7.05 Å². The van der Waals surface area contributed by atoms with Crippen LogP contribution in [0.4, 0.5) is 0 Å². The standard InChI is InChI=1S/C13H18N4O4/c1-15-8(6-11(19)17(3)13(15)21)7-14-9-4-5-10(18)16(2)12(9)20/h6,9,14H,4-5,7H2,1-3H3. The number of piperidine rings is 1. The van der Waals surface area contributed by atoms with E-state index in [0.29, 0.717) is 18.5 Å². The molecule has 0 aromatic carbocycles. The van der Waals surface area contributed by atoms with Crippen LogP contribution in [0.25, 0.3) is 0 Å². The molecule has 0 bridgehead atoms. The highest BCUT2D eigenvalue weighted by Crippen LogP contribution is 2.11. The van der Waals surface area contributed by atoms with Gasteiger partial charge < -0.3 is 5.32 Å². The normalized spacial score (nSPS) is 19.2. The minimum atomic E-state index is -0.480. The Balaban J connectivity index is 2.14. The molecular weight excluding hydrogens is 276 g/mol. The lowest BCUT2D eigenvalue weighted by molar-refractivity contribution is -0.148. The van der Waals surface area contributed by atoms with Gasteiger partial charge in [0.25, 0.3) is 5.56 Å². The molecule has 0 spiro atoms. The number of carbonyl (C=O) groups is 2. The van der Waals surface area contributed by atoms with Crippen molar-refractivity contribution in [2.45, 2.75) is 25.4 Å². The van der Waals surface area contributed by atoms with Gasteiger partial charge in [-0.2, -0.15) is 0 Å². The highest BCUT2D eigenvalue weighted by Gasteiger charge is 2.31. The van der Waals surface area contributed by atoms with E-state index in [1.165, 1.54) is 24.7 Å². The second-order valence-corrected chi connectivity index (χ2v) is 5.14. The molecule has 21 heavy (non-hydrogen) atoms. The van der Waals surface area contributed by atoms with Gasteiger partial charge in [-0.25, -0.2) is 4.79 Å². The summed E-state index contributed by atoms with van der Waals surface area (Å²) in [6, 6.07) is 0.878. The second kappa shape index (κ2) is 5.65. The van der Waals surface area contributed by atoms with Crippen molar-refractivity contribution in [3.05, 3.63) is 32.6 Å². The first-order valence-electron chi connectivity index (χ1n) is 6.62. The fourth-order valence-electron chi connectivity index (χ4n) is 2.28. The molecule has 1 aliphatic rings. The highest BCUT2D eigenvalue weighted by molar-refractivity contribution is 6.00. The van der Waals surface area contributed by atoms with Crippen molar-refractivity contribution in [1.29, 1.82) is 0 Å². The number of nitrogens with zero attached hydrogens (tertiary/aromatic N) is 3. The molecule has 2 amide bonds. The minimum absolute atomic E-state index is 0.195. The average Bonchev–Trinajstić information content (AvgIpc) is 2.46. The van der Waals surface area contributed by atoms with E-state index in [2.05, 4.69) is 5.32 Å². The summed E-state index contributed by atoms with van der Waals surface area (Å²) in [6.07, 6.45) is 0.718. The van der Waals surface area contributed by atoms with Gasteiger partial charge in [0, 0.05) is 45.9 Å². The van der Waals surface area contributed by atoms with Crippen molar-refractivity contribution in [1.82, 2.24) is 19.4 Å². The zero-order chi connectivity index (χ0) is 15.7. The number of likely N-dealkylation sites (N-methyl/N-ethyl adjacent to an activating group) is 1. The number of aromatic nitrogens is 2. The molecule has 0 radical (unpaired) electrons. The second-order valence-electron chi connectivity index (χ2n) is 5.14. The molecule has 0 aliphatic carbocycles. The van der Waals surface area contributed by atoms with Crippen molar-refractivity contribution in [3.63, 3.8) is 0 Å². The first-order valence-corrected chi connectivity index (χ1v) is 6.62. The maximum atomic E-state index is 11.9. The third-order valence-corrected chi connectivity index (χ3v) is 3.80. The van der Waals surface area contributed by atoms with Gasteiger partial charge in [0.2, 0.25) is 11.8 Å². The summed E-state index contributed by atoms with van der Waals surface area (Å²) >= 11 is 0. The van der Waals surface area contributed by atoms with Crippen molar-refractivity contribution in [2.24, 2.45) is 14.1 Å². The number of amides is 2. The molecule has 1 atom stereocenters. The fraction of sp³-hybridized carbons (Fsp3) is 0.538. The zero-order valence-corrected chi connectivity index (χ0v) is 12.3. The summed E-state index contributed by atoms with van der Waals surface area (Å²) in [5.74, 6) is -0.487. The number of imide groups is 1. The number of likely N-dealkylation sites (tertiary alicyclic amines) is 1. The Kier molecular flexibility index (Phi) is 4.08. The number of carbonyl (C=O) groups excluding carboxylic acids is 2. The van der Waals surface area contributed by atoms with Gasteiger partial charge in [0.05, 0.1) is 6.04 Å². The Labute approximate surface area is 121 Å². The van der Waals surface area contributed by atoms with Crippen LogP contribution in [-0.2, 0) is 30.2 Å². The van der Waals surface area contributed by atoms with Gasteiger partial charge in [-0.1, -0.05) is 0 Å². The van der Waals surface area contributed by atoms with Gasteiger partial charge in [0.1, 0.15) is 0 Å². The Bertz CT molecular complexity index is 703. The maximum absolute atomic E-state index is 11.9. The SMILES string of the molecule is CN1C(=O)CCC(NCc2cc(=O)n(C)c(=O)n2C)C1=O. The van der Waals surface area contributed by atoms with Crippen LogP contribution < -0.4 is 16.6 Å². The third kappa shape index (κ3) is 2.80. The number of hydrogen-bond acceptors (Lipinski definition) is 5. The fourth-order valence-corrected chi connectivity index (χ4v) is 2.28. The largest absolute Gasteiger partial charge is 0.330 e. The van der Waals surface area contributed by atoms with Crippen LogP contribution in [0.3, 0.4) is 0 Å². The van der Waals surface area contributed by atoms with Gasteiger partial charge in [-0.3, -0.25) is 28.4 Å². The van der Waals surface area contributed by atoms with Crippen LogP contribution in [-0.4, -0.2) is 38.9 Å². The Hall–Kier alpha value is -2.22. The molecular formula is C13H18N4O4. The summed E-state index contributed by atoms with van der Waals surface area (Å²) in [5.41, 5.74) is -0.311. The predicted octanol–water partition coefficient (Wildman–Crippen LogP) is -1.68. The van der Waals surface area contributed by atoms with Gasteiger partial charge in [0.15, 0.2) is 0 Å². The Morgan fingerprint density at radius 2 is 1.81 bits per heavy atom. The lowest BCUT2D eigenvalue weighted by Gasteiger charge is -2.28. The highest BCUT2D eigenvalue weighted by atomic mass is 16.2. The van der Waals surface area contributed by atoms with Gasteiger partial charge in [-0.15, -0.1) is 0 Å². The van der Waals surface area contributed by atoms with Crippen LogP contribution >= 0.6 is 0 Å². The first-order chi connectivity index (χ1) is 9.82. The quantitative estimate of drug-likeness (QED) is 0.672. The molecule has 1 saturated heterocycles. The van der Waals surface area contributed by atoms with E-state index in [4.69, 9.17) is 0 Å². The van der Waals surface area contributed by atoms with Crippen LogP contribution in [0, 0.1) is 0 Å². The minimum Gasteiger partial charge on any atom is -0.300 e. The Morgan fingerprint density at radius 1 is 1.14 bits per heavy atom. The van der Waals surface area contributed by atoms with Crippen molar-refractivity contribution < 1.29 is 9.59 Å². The molecule has 2 rings (SSSR count). The number of nitrogens with one attached hydrogen (secondary N) is 1. The third-order valence-electron chi connectivity index (χ3n) is 3.80. The van der Waals surface area contributed by atoms with Crippen LogP contribution in [0.2, 0.25) is 0 Å². The summed E-state index contributed by atoms with van der Waals surface area (Å²) in [6.45, 7) is 0.209. The number of rotatable bonds is 3. The summed E-state index contributed by atoms with van der Waals surface area (Å²) < 4.78 is 2.37. The smallest absolute Gasteiger partial charge is 0.300 e. The lowest BCUT2D eigenvalue weighted by atomic mass is 10.0. The van der Waals surface area contributed by atoms with Gasteiger partial charge >= 0.3 is 5.69 Å².